The van der Waals surface area contributed by atoms with Crippen LogP contribution in [0.1, 0.15) is 42.5 Å². The van der Waals surface area contributed by atoms with Crippen LogP contribution in [0, 0.1) is 13.8 Å². The minimum Gasteiger partial charge on any atom is -0.497 e. The van der Waals surface area contributed by atoms with E-state index >= 15 is 0 Å². The highest BCUT2D eigenvalue weighted by atomic mass is 16.5. The van der Waals surface area contributed by atoms with Crippen molar-refractivity contribution in [3.63, 3.8) is 0 Å². The zero-order chi connectivity index (χ0) is 18.2. The summed E-state index contributed by atoms with van der Waals surface area (Å²) in [5.41, 5.74) is 3.57. The van der Waals surface area contributed by atoms with Crippen LogP contribution >= 0.6 is 0 Å². The number of methoxy groups -OCH3 is 1. The van der Waals surface area contributed by atoms with Crippen molar-refractivity contribution >= 4 is 5.91 Å². The van der Waals surface area contributed by atoms with Gasteiger partial charge in [0.05, 0.1) is 19.8 Å². The van der Waals surface area contributed by atoms with E-state index in [2.05, 4.69) is 37.4 Å². The van der Waals surface area contributed by atoms with Crippen molar-refractivity contribution in [1.29, 1.82) is 0 Å². The smallest absolute Gasteiger partial charge is 0.220 e. The molecule has 2 rings (SSSR count). The number of benzene rings is 2. The maximum absolute atomic E-state index is 12.1. The summed E-state index contributed by atoms with van der Waals surface area (Å²) in [6.07, 6.45) is 1.13. The van der Waals surface area contributed by atoms with E-state index in [1.165, 1.54) is 16.7 Å². The second-order valence-corrected chi connectivity index (χ2v) is 6.28. The number of ether oxygens (including phenoxy) is 2. The van der Waals surface area contributed by atoms with E-state index in [1.807, 2.05) is 31.2 Å². The van der Waals surface area contributed by atoms with E-state index in [0.717, 1.165) is 11.5 Å². The molecule has 1 amide bonds. The lowest BCUT2D eigenvalue weighted by Gasteiger charge is -2.17. The minimum atomic E-state index is 0.00917. The minimum absolute atomic E-state index is 0.00917. The third-order valence-corrected chi connectivity index (χ3v) is 4.16. The molecule has 134 valence electrons. The van der Waals surface area contributed by atoms with Crippen LogP contribution in [0.25, 0.3) is 0 Å². The Bertz CT molecular complexity index is 695. The van der Waals surface area contributed by atoms with E-state index in [4.69, 9.17) is 9.47 Å². The number of nitrogens with one attached hydrogen (secondary N) is 1. The van der Waals surface area contributed by atoms with Gasteiger partial charge in [0.2, 0.25) is 5.91 Å². The summed E-state index contributed by atoms with van der Waals surface area (Å²) in [6.45, 7) is 6.67. The molecule has 0 saturated carbocycles. The lowest BCUT2D eigenvalue weighted by molar-refractivity contribution is -0.121. The Labute approximate surface area is 150 Å². The lowest BCUT2D eigenvalue weighted by Crippen LogP contribution is -2.27. The van der Waals surface area contributed by atoms with Crippen LogP contribution in [-0.2, 0) is 4.79 Å². The zero-order valence-corrected chi connectivity index (χ0v) is 15.5. The third kappa shape index (κ3) is 5.82. The molecule has 1 atom stereocenters. The summed E-state index contributed by atoms with van der Waals surface area (Å²) < 4.78 is 10.8. The normalized spacial score (nSPS) is 11.7. The fraction of sp³-hybridized carbons (Fsp3) is 0.381. The number of amides is 1. The van der Waals surface area contributed by atoms with Gasteiger partial charge in [0, 0.05) is 6.42 Å². The van der Waals surface area contributed by atoms with Gasteiger partial charge in [-0.15, -0.1) is 0 Å². The first kappa shape index (κ1) is 18.8. The predicted molar refractivity (Wildman–Crippen MR) is 100 cm³/mol. The fourth-order valence-corrected chi connectivity index (χ4v) is 2.71. The molecule has 0 bridgehead atoms. The number of aryl methyl sites for hydroxylation is 2. The molecule has 0 saturated heterocycles. The van der Waals surface area contributed by atoms with Gasteiger partial charge >= 0.3 is 0 Å². The summed E-state index contributed by atoms with van der Waals surface area (Å²) in [4.78, 5) is 12.1. The molecule has 0 aliphatic heterocycles. The molecule has 25 heavy (non-hydrogen) atoms. The number of carbonyl (C=O) groups excluding carboxylic acids is 1. The van der Waals surface area contributed by atoms with Crippen molar-refractivity contribution in [1.82, 2.24) is 5.32 Å². The van der Waals surface area contributed by atoms with Gasteiger partial charge in [-0.1, -0.05) is 23.8 Å². The number of hydrogen-bond donors (Lipinski definition) is 1. The predicted octanol–water partition coefficient (Wildman–Crippen LogP) is 4.35. The van der Waals surface area contributed by atoms with Crippen LogP contribution in [0.15, 0.2) is 42.5 Å². The van der Waals surface area contributed by atoms with E-state index in [1.54, 1.807) is 7.11 Å². The van der Waals surface area contributed by atoms with Crippen LogP contribution in [0.2, 0.25) is 0 Å². The van der Waals surface area contributed by atoms with E-state index in [0.29, 0.717) is 19.4 Å². The lowest BCUT2D eigenvalue weighted by atomic mass is 10.00. The molecule has 0 fully saturated rings. The largest absolute Gasteiger partial charge is 0.497 e. The Morgan fingerprint density at radius 2 is 1.76 bits per heavy atom. The van der Waals surface area contributed by atoms with Crippen molar-refractivity contribution < 1.29 is 14.3 Å². The first-order chi connectivity index (χ1) is 12.0. The number of hydrogen-bond acceptors (Lipinski definition) is 3. The first-order valence-electron chi connectivity index (χ1n) is 8.63. The average molecular weight is 341 g/mol. The van der Waals surface area contributed by atoms with Crippen LogP contribution < -0.4 is 14.8 Å². The van der Waals surface area contributed by atoms with Crippen LogP contribution in [0.4, 0.5) is 0 Å². The molecular weight excluding hydrogens is 314 g/mol. The molecule has 0 heterocycles. The van der Waals surface area contributed by atoms with Crippen molar-refractivity contribution in [2.24, 2.45) is 0 Å². The SMILES string of the molecule is COc1ccc(OCCCC(=O)NC(C)c2cc(C)ccc2C)cc1. The van der Waals surface area contributed by atoms with E-state index in [-0.39, 0.29) is 11.9 Å². The Hall–Kier alpha value is -2.49. The monoisotopic (exact) mass is 341 g/mol. The average Bonchev–Trinajstić information content (AvgIpc) is 2.61. The molecule has 1 unspecified atom stereocenters. The second-order valence-electron chi connectivity index (χ2n) is 6.28. The molecule has 2 aromatic carbocycles. The quantitative estimate of drug-likeness (QED) is 0.726. The highest BCUT2D eigenvalue weighted by Crippen LogP contribution is 2.19. The van der Waals surface area contributed by atoms with Gasteiger partial charge in [0.25, 0.3) is 0 Å². The molecule has 4 heteroatoms. The van der Waals surface area contributed by atoms with Crippen LogP contribution in [-0.4, -0.2) is 19.6 Å². The molecule has 4 nitrogen and oxygen atoms in total. The topological polar surface area (TPSA) is 47.6 Å². The number of rotatable bonds is 8. The summed E-state index contributed by atoms with van der Waals surface area (Å²) >= 11 is 0. The first-order valence-corrected chi connectivity index (χ1v) is 8.63. The standard InChI is InChI=1S/C21H27NO3/c1-15-7-8-16(2)20(14-15)17(3)22-21(23)6-5-13-25-19-11-9-18(24-4)10-12-19/h7-12,14,17H,5-6,13H2,1-4H3,(H,22,23). The van der Waals surface area contributed by atoms with Crippen LogP contribution in [0.3, 0.4) is 0 Å². The molecular formula is C21H27NO3. The maximum atomic E-state index is 12.1. The molecule has 0 radical (unpaired) electrons. The maximum Gasteiger partial charge on any atom is 0.220 e. The zero-order valence-electron chi connectivity index (χ0n) is 15.5. The summed E-state index contributed by atoms with van der Waals surface area (Å²) in [7, 11) is 1.63. The molecule has 1 N–H and O–H groups in total. The molecule has 0 aliphatic rings. The van der Waals surface area contributed by atoms with Gasteiger partial charge in [0.15, 0.2) is 0 Å². The van der Waals surface area contributed by atoms with Crippen molar-refractivity contribution in [2.75, 3.05) is 13.7 Å². The van der Waals surface area contributed by atoms with Crippen molar-refractivity contribution in [3.05, 3.63) is 59.2 Å². The van der Waals surface area contributed by atoms with Gasteiger partial charge in [-0.3, -0.25) is 4.79 Å². The summed E-state index contributed by atoms with van der Waals surface area (Å²) in [5, 5.41) is 3.07. The molecule has 2 aromatic rings. The van der Waals surface area contributed by atoms with Gasteiger partial charge < -0.3 is 14.8 Å². The second kappa shape index (κ2) is 9.11. The highest BCUT2D eigenvalue weighted by Gasteiger charge is 2.11. The van der Waals surface area contributed by atoms with Crippen LogP contribution in [0.5, 0.6) is 11.5 Å². The molecule has 0 aromatic heterocycles. The van der Waals surface area contributed by atoms with Gasteiger partial charge in [0.1, 0.15) is 11.5 Å². The molecule has 0 spiro atoms. The van der Waals surface area contributed by atoms with Crippen molar-refractivity contribution in [3.8, 4) is 11.5 Å². The van der Waals surface area contributed by atoms with E-state index in [9.17, 15) is 4.79 Å². The van der Waals surface area contributed by atoms with E-state index < -0.39 is 0 Å². The Morgan fingerprint density at radius 1 is 1.08 bits per heavy atom. The van der Waals surface area contributed by atoms with Gasteiger partial charge in [-0.2, -0.15) is 0 Å². The Kier molecular flexibility index (Phi) is 6.87. The fourth-order valence-electron chi connectivity index (χ4n) is 2.71. The Balaban J connectivity index is 1.73. The molecule has 0 aliphatic carbocycles. The summed E-state index contributed by atoms with van der Waals surface area (Å²) in [6, 6.07) is 13.8. The van der Waals surface area contributed by atoms with Crippen molar-refractivity contribution in [2.45, 2.75) is 39.7 Å². The van der Waals surface area contributed by atoms with Gasteiger partial charge in [-0.05, 0) is 62.6 Å². The third-order valence-electron chi connectivity index (χ3n) is 4.16. The number of carbonyl (C=O) groups is 1. The van der Waals surface area contributed by atoms with Gasteiger partial charge in [-0.25, -0.2) is 0 Å². The highest BCUT2D eigenvalue weighted by molar-refractivity contribution is 5.76. The summed E-state index contributed by atoms with van der Waals surface area (Å²) in [5.74, 6) is 1.63. The Morgan fingerprint density at radius 3 is 2.44 bits per heavy atom.